The lowest BCUT2D eigenvalue weighted by Gasteiger charge is -2.12. The van der Waals surface area contributed by atoms with E-state index in [-0.39, 0.29) is 42.2 Å². The molecule has 0 bridgehead atoms. The van der Waals surface area contributed by atoms with Crippen LogP contribution >= 0.6 is 24.0 Å². The third-order valence-corrected chi connectivity index (χ3v) is 5.21. The van der Waals surface area contributed by atoms with Crippen molar-refractivity contribution in [2.75, 3.05) is 13.1 Å². The van der Waals surface area contributed by atoms with Crippen molar-refractivity contribution in [3.8, 4) is 0 Å². The van der Waals surface area contributed by atoms with Gasteiger partial charge in [-0.25, -0.2) is 13.1 Å². The van der Waals surface area contributed by atoms with Gasteiger partial charge in [0, 0.05) is 30.6 Å². The number of rotatable bonds is 8. The molecule has 1 amide bonds. The van der Waals surface area contributed by atoms with Gasteiger partial charge in [-0.1, -0.05) is 17.7 Å². The van der Waals surface area contributed by atoms with Gasteiger partial charge in [-0.05, 0) is 37.0 Å². The van der Waals surface area contributed by atoms with Crippen molar-refractivity contribution in [2.45, 2.75) is 30.2 Å². The van der Waals surface area contributed by atoms with E-state index in [1.807, 2.05) is 0 Å². The van der Waals surface area contributed by atoms with Crippen molar-refractivity contribution >= 4 is 39.9 Å². The molecule has 0 radical (unpaired) electrons. The maximum absolute atomic E-state index is 12.0. The van der Waals surface area contributed by atoms with Gasteiger partial charge >= 0.3 is 0 Å². The maximum atomic E-state index is 12.0. The molecule has 2 rings (SSSR count). The van der Waals surface area contributed by atoms with E-state index >= 15 is 0 Å². The van der Waals surface area contributed by atoms with E-state index in [1.54, 1.807) is 12.1 Å². The number of nitrogens with one attached hydrogen (secondary N) is 2. The topological polar surface area (TPSA) is 101 Å². The molecule has 1 aliphatic rings. The normalized spacial score (nSPS) is 15.6. The average Bonchev–Trinajstić information content (AvgIpc) is 3.29. The van der Waals surface area contributed by atoms with Gasteiger partial charge in [-0.15, -0.1) is 12.4 Å². The molecular formula is C14H21Cl2N3O3S. The molecule has 4 N–H and O–H groups in total. The molecule has 1 saturated carbocycles. The zero-order valence-electron chi connectivity index (χ0n) is 12.5. The van der Waals surface area contributed by atoms with Crippen LogP contribution in [0.3, 0.4) is 0 Å². The van der Waals surface area contributed by atoms with Gasteiger partial charge in [0.25, 0.3) is 0 Å². The number of halogens is 2. The highest BCUT2D eigenvalue weighted by molar-refractivity contribution is 7.89. The molecule has 0 heterocycles. The average molecular weight is 382 g/mol. The molecule has 1 fully saturated rings. The van der Waals surface area contributed by atoms with Crippen LogP contribution in [0.4, 0.5) is 0 Å². The molecule has 1 unspecified atom stereocenters. The Kier molecular flexibility index (Phi) is 7.76. The minimum atomic E-state index is -3.65. The first-order chi connectivity index (χ1) is 10.4. The lowest BCUT2D eigenvalue weighted by molar-refractivity contribution is -0.121. The quantitative estimate of drug-likeness (QED) is 0.631. The van der Waals surface area contributed by atoms with Crippen LogP contribution in [-0.4, -0.2) is 33.5 Å². The Morgan fingerprint density at radius 1 is 1.39 bits per heavy atom. The zero-order chi connectivity index (χ0) is 16.2. The van der Waals surface area contributed by atoms with Gasteiger partial charge < -0.3 is 11.1 Å². The van der Waals surface area contributed by atoms with Crippen LogP contribution in [0, 0.1) is 5.92 Å². The van der Waals surface area contributed by atoms with Crippen LogP contribution in [0.5, 0.6) is 0 Å². The van der Waals surface area contributed by atoms with E-state index in [0.29, 0.717) is 17.5 Å². The van der Waals surface area contributed by atoms with Gasteiger partial charge in [0.15, 0.2) is 0 Å². The second-order valence-electron chi connectivity index (χ2n) is 5.41. The van der Waals surface area contributed by atoms with Gasteiger partial charge in [0.2, 0.25) is 15.9 Å². The summed E-state index contributed by atoms with van der Waals surface area (Å²) in [7, 11) is -3.65. The third kappa shape index (κ3) is 6.64. The number of carbonyl (C=O) groups is 1. The molecule has 0 saturated heterocycles. The van der Waals surface area contributed by atoms with Gasteiger partial charge in [0.1, 0.15) is 0 Å². The Bertz CT molecular complexity index is 636. The first-order valence-electron chi connectivity index (χ1n) is 7.16. The molecule has 6 nitrogen and oxygen atoms in total. The first-order valence-corrected chi connectivity index (χ1v) is 9.02. The van der Waals surface area contributed by atoms with E-state index in [1.165, 1.54) is 12.1 Å². The smallest absolute Gasteiger partial charge is 0.240 e. The fraction of sp³-hybridized carbons (Fsp3) is 0.500. The highest BCUT2D eigenvalue weighted by Crippen LogP contribution is 2.31. The summed E-state index contributed by atoms with van der Waals surface area (Å²) in [6.07, 6.45) is 2.31. The molecule has 130 valence electrons. The van der Waals surface area contributed by atoms with Gasteiger partial charge in [-0.2, -0.15) is 0 Å². The molecule has 1 aromatic rings. The van der Waals surface area contributed by atoms with Crippen molar-refractivity contribution in [3.63, 3.8) is 0 Å². The fourth-order valence-electron chi connectivity index (χ4n) is 2.03. The largest absolute Gasteiger partial charge is 0.354 e. The lowest BCUT2D eigenvalue weighted by atomic mass is 10.2. The van der Waals surface area contributed by atoms with Crippen molar-refractivity contribution in [3.05, 3.63) is 29.3 Å². The van der Waals surface area contributed by atoms with Crippen molar-refractivity contribution in [1.82, 2.24) is 10.0 Å². The number of hydrogen-bond acceptors (Lipinski definition) is 4. The highest BCUT2D eigenvalue weighted by Gasteiger charge is 2.28. The molecule has 1 aromatic carbocycles. The van der Waals surface area contributed by atoms with Crippen LogP contribution in [0.15, 0.2) is 29.2 Å². The monoisotopic (exact) mass is 381 g/mol. The highest BCUT2D eigenvalue weighted by atomic mass is 35.5. The fourth-order valence-corrected chi connectivity index (χ4v) is 3.36. The van der Waals surface area contributed by atoms with Crippen LogP contribution in [0.25, 0.3) is 0 Å². The molecule has 23 heavy (non-hydrogen) atoms. The molecule has 0 aliphatic heterocycles. The van der Waals surface area contributed by atoms with Crippen molar-refractivity contribution in [1.29, 1.82) is 0 Å². The van der Waals surface area contributed by atoms with Crippen molar-refractivity contribution in [2.24, 2.45) is 11.7 Å². The predicted octanol–water partition coefficient (Wildman–Crippen LogP) is 1.28. The summed E-state index contributed by atoms with van der Waals surface area (Å²) in [5, 5.41) is 3.06. The SMILES string of the molecule is Cl.NC(CNC(=O)CCNS(=O)(=O)c1cccc(Cl)c1)C1CC1. The third-order valence-electron chi connectivity index (χ3n) is 3.51. The van der Waals surface area contributed by atoms with Gasteiger partial charge in [0.05, 0.1) is 4.90 Å². The Hall–Kier alpha value is -0.860. The second-order valence-corrected chi connectivity index (χ2v) is 7.61. The summed E-state index contributed by atoms with van der Waals surface area (Å²) in [6.45, 7) is 0.462. The van der Waals surface area contributed by atoms with Crippen LogP contribution < -0.4 is 15.8 Å². The molecule has 0 aromatic heterocycles. The van der Waals surface area contributed by atoms with E-state index in [0.717, 1.165) is 12.8 Å². The summed E-state index contributed by atoms with van der Waals surface area (Å²) in [5.41, 5.74) is 5.88. The Labute approximate surface area is 147 Å². The minimum absolute atomic E-state index is 0. The summed E-state index contributed by atoms with van der Waals surface area (Å²) in [4.78, 5) is 11.7. The number of amides is 1. The van der Waals surface area contributed by atoms with E-state index in [9.17, 15) is 13.2 Å². The van der Waals surface area contributed by atoms with E-state index in [2.05, 4.69) is 10.0 Å². The summed E-state index contributed by atoms with van der Waals surface area (Å²) in [5.74, 6) is 0.298. The summed E-state index contributed by atoms with van der Waals surface area (Å²) >= 11 is 5.77. The number of hydrogen-bond donors (Lipinski definition) is 3. The molecule has 0 spiro atoms. The van der Waals surface area contributed by atoms with Crippen LogP contribution in [0.1, 0.15) is 19.3 Å². The predicted molar refractivity (Wildman–Crippen MR) is 92.2 cm³/mol. The summed E-state index contributed by atoms with van der Waals surface area (Å²) < 4.78 is 26.4. The molecule has 1 aliphatic carbocycles. The number of nitrogens with two attached hydrogens (primary N) is 1. The standard InChI is InChI=1S/C14H20ClN3O3S.ClH/c15-11-2-1-3-12(8-11)22(20,21)18-7-6-14(19)17-9-13(16)10-4-5-10;/h1-3,8,10,13,18H,4-7,9,16H2,(H,17,19);1H. The zero-order valence-corrected chi connectivity index (χ0v) is 14.9. The Morgan fingerprint density at radius 3 is 2.70 bits per heavy atom. The van der Waals surface area contributed by atoms with E-state index < -0.39 is 10.0 Å². The lowest BCUT2D eigenvalue weighted by Crippen LogP contribution is -2.39. The summed E-state index contributed by atoms with van der Waals surface area (Å²) in [6, 6.07) is 5.95. The minimum Gasteiger partial charge on any atom is -0.354 e. The number of benzene rings is 1. The number of carbonyl (C=O) groups excluding carboxylic acids is 1. The number of sulfonamides is 1. The molecule has 1 atom stereocenters. The Balaban J connectivity index is 0.00000264. The Morgan fingerprint density at radius 2 is 2.09 bits per heavy atom. The maximum Gasteiger partial charge on any atom is 0.240 e. The molecular weight excluding hydrogens is 361 g/mol. The first kappa shape index (κ1) is 20.2. The van der Waals surface area contributed by atoms with Crippen LogP contribution in [-0.2, 0) is 14.8 Å². The molecule has 9 heteroatoms. The van der Waals surface area contributed by atoms with Crippen LogP contribution in [0.2, 0.25) is 5.02 Å². The van der Waals surface area contributed by atoms with Crippen molar-refractivity contribution < 1.29 is 13.2 Å². The second kappa shape index (κ2) is 8.84. The van der Waals surface area contributed by atoms with Gasteiger partial charge in [-0.3, -0.25) is 4.79 Å². The van der Waals surface area contributed by atoms with E-state index in [4.69, 9.17) is 17.3 Å².